The molecule has 0 aliphatic carbocycles. The standard InChI is InChI=1S/C10H16ClNOS/c1-2-10(12,7-13)5-3-9-8(11)4-6-14-9/h4,6,13H,2-3,5,7,12H2,1H3. The maximum absolute atomic E-state index is 9.13. The molecule has 1 rings (SSSR count). The topological polar surface area (TPSA) is 46.2 Å². The molecule has 0 saturated carbocycles. The minimum absolute atomic E-state index is 0.0342. The molecule has 3 N–H and O–H groups in total. The van der Waals surface area contributed by atoms with Crippen molar-refractivity contribution in [3.05, 3.63) is 21.3 Å². The molecule has 1 aromatic rings. The molecule has 0 aromatic carbocycles. The lowest BCUT2D eigenvalue weighted by atomic mass is 9.92. The van der Waals surface area contributed by atoms with Gasteiger partial charge in [-0.25, -0.2) is 0 Å². The molecule has 0 aliphatic heterocycles. The van der Waals surface area contributed by atoms with E-state index < -0.39 is 5.54 Å². The van der Waals surface area contributed by atoms with Crippen LogP contribution in [0.2, 0.25) is 5.02 Å². The summed E-state index contributed by atoms with van der Waals surface area (Å²) < 4.78 is 0. The fraction of sp³-hybridized carbons (Fsp3) is 0.600. The highest BCUT2D eigenvalue weighted by Crippen LogP contribution is 2.25. The largest absolute Gasteiger partial charge is 0.394 e. The molecule has 0 saturated heterocycles. The maximum atomic E-state index is 9.13. The second-order valence-electron chi connectivity index (χ2n) is 3.57. The number of aliphatic hydroxyl groups excluding tert-OH is 1. The lowest BCUT2D eigenvalue weighted by Crippen LogP contribution is -2.43. The molecule has 0 bridgehead atoms. The Morgan fingerprint density at radius 3 is 2.79 bits per heavy atom. The van der Waals surface area contributed by atoms with E-state index in [0.717, 1.165) is 29.2 Å². The number of hydrogen-bond acceptors (Lipinski definition) is 3. The molecule has 1 unspecified atom stereocenters. The van der Waals surface area contributed by atoms with E-state index in [0.29, 0.717) is 0 Å². The summed E-state index contributed by atoms with van der Waals surface area (Å²) in [5, 5.41) is 11.9. The number of aliphatic hydroxyl groups is 1. The first-order valence-electron chi connectivity index (χ1n) is 4.73. The van der Waals surface area contributed by atoms with Gasteiger partial charge in [0.1, 0.15) is 0 Å². The quantitative estimate of drug-likeness (QED) is 0.821. The fourth-order valence-corrected chi connectivity index (χ4v) is 2.37. The highest BCUT2D eigenvalue weighted by molar-refractivity contribution is 7.10. The molecule has 0 radical (unpaired) electrons. The molecule has 1 heterocycles. The van der Waals surface area contributed by atoms with E-state index in [1.165, 1.54) is 0 Å². The third-order valence-corrected chi connectivity index (χ3v) is 4.01. The van der Waals surface area contributed by atoms with Gasteiger partial charge in [-0.2, -0.15) is 0 Å². The van der Waals surface area contributed by atoms with Crippen LogP contribution in [0.25, 0.3) is 0 Å². The molecule has 4 heteroatoms. The smallest absolute Gasteiger partial charge is 0.0611 e. The van der Waals surface area contributed by atoms with Crippen molar-refractivity contribution >= 4 is 22.9 Å². The number of hydrogen-bond donors (Lipinski definition) is 2. The highest BCUT2D eigenvalue weighted by atomic mass is 35.5. The van der Waals surface area contributed by atoms with Crippen molar-refractivity contribution in [2.45, 2.75) is 31.7 Å². The molecule has 0 fully saturated rings. The SMILES string of the molecule is CCC(N)(CO)CCc1sccc1Cl. The van der Waals surface area contributed by atoms with E-state index >= 15 is 0 Å². The average molecular weight is 234 g/mol. The van der Waals surface area contributed by atoms with Crippen LogP contribution in [0.3, 0.4) is 0 Å². The molecule has 1 aromatic heterocycles. The third kappa shape index (κ3) is 2.95. The Kier molecular flexibility index (Phi) is 4.38. The zero-order valence-electron chi connectivity index (χ0n) is 8.29. The van der Waals surface area contributed by atoms with Crippen molar-refractivity contribution in [1.82, 2.24) is 0 Å². The summed E-state index contributed by atoms with van der Waals surface area (Å²) in [7, 11) is 0. The van der Waals surface area contributed by atoms with Gasteiger partial charge in [-0.05, 0) is 30.7 Å². The van der Waals surface area contributed by atoms with Gasteiger partial charge in [0.25, 0.3) is 0 Å². The monoisotopic (exact) mass is 233 g/mol. The number of thiophene rings is 1. The van der Waals surface area contributed by atoms with Crippen LogP contribution in [-0.4, -0.2) is 17.3 Å². The predicted molar refractivity (Wildman–Crippen MR) is 61.9 cm³/mol. The Morgan fingerprint density at radius 2 is 2.36 bits per heavy atom. The van der Waals surface area contributed by atoms with Crippen molar-refractivity contribution in [3.8, 4) is 0 Å². The summed E-state index contributed by atoms with van der Waals surface area (Å²) >= 11 is 7.60. The van der Waals surface area contributed by atoms with Crippen LogP contribution in [0.1, 0.15) is 24.6 Å². The van der Waals surface area contributed by atoms with Gasteiger partial charge >= 0.3 is 0 Å². The van der Waals surface area contributed by atoms with Crippen molar-refractivity contribution in [3.63, 3.8) is 0 Å². The molecule has 14 heavy (non-hydrogen) atoms. The van der Waals surface area contributed by atoms with Crippen LogP contribution >= 0.6 is 22.9 Å². The van der Waals surface area contributed by atoms with Gasteiger partial charge in [0.2, 0.25) is 0 Å². The number of nitrogens with two attached hydrogens (primary N) is 1. The summed E-state index contributed by atoms with van der Waals surface area (Å²) in [6, 6.07) is 1.89. The number of halogens is 1. The molecule has 2 nitrogen and oxygen atoms in total. The van der Waals surface area contributed by atoms with Crippen LogP contribution in [0.4, 0.5) is 0 Å². The second-order valence-corrected chi connectivity index (χ2v) is 4.97. The summed E-state index contributed by atoms with van der Waals surface area (Å²) in [5.74, 6) is 0. The minimum Gasteiger partial charge on any atom is -0.394 e. The van der Waals surface area contributed by atoms with E-state index in [-0.39, 0.29) is 6.61 Å². The van der Waals surface area contributed by atoms with Crippen LogP contribution < -0.4 is 5.73 Å². The zero-order chi connectivity index (χ0) is 10.6. The highest BCUT2D eigenvalue weighted by Gasteiger charge is 2.21. The first kappa shape index (κ1) is 12.0. The Bertz CT molecular complexity index is 283. The molecule has 1 atom stereocenters. The van der Waals surface area contributed by atoms with Gasteiger partial charge in [0.15, 0.2) is 0 Å². The van der Waals surface area contributed by atoms with E-state index in [1.54, 1.807) is 11.3 Å². The maximum Gasteiger partial charge on any atom is 0.0611 e. The minimum atomic E-state index is -0.451. The third-order valence-electron chi connectivity index (χ3n) is 2.56. The van der Waals surface area contributed by atoms with Crippen LogP contribution in [-0.2, 0) is 6.42 Å². The van der Waals surface area contributed by atoms with Gasteiger partial charge in [-0.15, -0.1) is 11.3 Å². The molecule has 80 valence electrons. The van der Waals surface area contributed by atoms with Gasteiger partial charge < -0.3 is 10.8 Å². The summed E-state index contributed by atoms with van der Waals surface area (Å²) in [6.07, 6.45) is 2.41. The van der Waals surface area contributed by atoms with Crippen LogP contribution in [0.15, 0.2) is 11.4 Å². The van der Waals surface area contributed by atoms with E-state index in [4.69, 9.17) is 22.4 Å². The lowest BCUT2D eigenvalue weighted by Gasteiger charge is -2.25. The predicted octanol–water partition coefficient (Wildman–Crippen LogP) is 2.43. The summed E-state index contributed by atoms with van der Waals surface area (Å²) in [4.78, 5) is 1.16. The van der Waals surface area contributed by atoms with Crippen molar-refractivity contribution in [2.75, 3.05) is 6.61 Å². The van der Waals surface area contributed by atoms with Crippen LogP contribution in [0.5, 0.6) is 0 Å². The molecule has 0 amide bonds. The van der Waals surface area contributed by atoms with Gasteiger partial charge in [-0.3, -0.25) is 0 Å². The van der Waals surface area contributed by atoms with Crippen molar-refractivity contribution in [1.29, 1.82) is 0 Å². The molecular weight excluding hydrogens is 218 g/mol. The number of rotatable bonds is 5. The lowest BCUT2D eigenvalue weighted by molar-refractivity contribution is 0.183. The van der Waals surface area contributed by atoms with Gasteiger partial charge in [0, 0.05) is 10.4 Å². The fourth-order valence-electron chi connectivity index (χ4n) is 1.23. The average Bonchev–Trinajstić information content (AvgIpc) is 2.61. The first-order chi connectivity index (χ1) is 6.61. The Morgan fingerprint density at radius 1 is 1.64 bits per heavy atom. The zero-order valence-corrected chi connectivity index (χ0v) is 9.87. The number of aryl methyl sites for hydroxylation is 1. The summed E-state index contributed by atoms with van der Waals surface area (Å²) in [6.45, 7) is 2.03. The normalized spacial score (nSPS) is 15.4. The summed E-state index contributed by atoms with van der Waals surface area (Å²) in [5.41, 5.74) is 5.52. The Hall–Kier alpha value is -0.0900. The van der Waals surface area contributed by atoms with Crippen LogP contribution in [0, 0.1) is 0 Å². The van der Waals surface area contributed by atoms with Gasteiger partial charge in [0.05, 0.1) is 11.6 Å². The van der Waals surface area contributed by atoms with E-state index in [1.807, 2.05) is 18.4 Å². The molecule has 0 aliphatic rings. The van der Waals surface area contributed by atoms with Crippen molar-refractivity contribution in [2.24, 2.45) is 5.73 Å². The Balaban J connectivity index is 2.52. The van der Waals surface area contributed by atoms with Crippen molar-refractivity contribution < 1.29 is 5.11 Å². The van der Waals surface area contributed by atoms with E-state index in [2.05, 4.69) is 0 Å². The Labute approximate surface area is 93.7 Å². The molecule has 0 spiro atoms. The second kappa shape index (κ2) is 5.12. The molecular formula is C10H16ClNOS. The van der Waals surface area contributed by atoms with E-state index in [9.17, 15) is 0 Å². The van der Waals surface area contributed by atoms with Gasteiger partial charge in [-0.1, -0.05) is 18.5 Å². The first-order valence-corrected chi connectivity index (χ1v) is 5.98.